The lowest BCUT2D eigenvalue weighted by atomic mass is 10.0. The number of thioether (sulfide) groups is 1. The molecule has 9 heteroatoms. The molecular weight excluding hydrogens is 382 g/mol. The Hall–Kier alpha value is -2.26. The number of amides is 2. The highest BCUT2D eigenvalue weighted by atomic mass is 32.2. The summed E-state index contributed by atoms with van der Waals surface area (Å²) >= 11 is 1.52. The van der Waals surface area contributed by atoms with E-state index in [-0.39, 0.29) is 18.1 Å². The summed E-state index contributed by atoms with van der Waals surface area (Å²) in [5.41, 5.74) is 6.73. The van der Waals surface area contributed by atoms with E-state index in [1.807, 2.05) is 6.26 Å². The van der Waals surface area contributed by atoms with Crippen LogP contribution in [0.15, 0.2) is 24.3 Å². The van der Waals surface area contributed by atoms with Crippen molar-refractivity contribution in [1.82, 2.24) is 10.6 Å². The average Bonchev–Trinajstić information content (AvgIpc) is 2.63. The number of carbonyl (C=O) groups excluding carboxylic acids is 2. The molecule has 3 unspecified atom stereocenters. The van der Waals surface area contributed by atoms with Crippen molar-refractivity contribution in [2.24, 2.45) is 11.7 Å². The second kappa shape index (κ2) is 11.6. The molecule has 0 aliphatic heterocycles. The van der Waals surface area contributed by atoms with Crippen molar-refractivity contribution in [2.75, 3.05) is 12.0 Å². The molecule has 0 fully saturated rings. The molecular formula is C19H29N3O5S. The van der Waals surface area contributed by atoms with Gasteiger partial charge in [-0.3, -0.25) is 9.59 Å². The quantitative estimate of drug-likeness (QED) is 0.361. The van der Waals surface area contributed by atoms with Crippen LogP contribution in [0.3, 0.4) is 0 Å². The number of nitrogens with one attached hydrogen (secondary N) is 2. The molecule has 28 heavy (non-hydrogen) atoms. The second-order valence-corrected chi connectivity index (χ2v) is 7.87. The van der Waals surface area contributed by atoms with E-state index in [1.54, 1.807) is 26.0 Å². The van der Waals surface area contributed by atoms with Crippen LogP contribution in [-0.2, 0) is 20.8 Å². The number of carboxylic acid groups (broad SMARTS) is 1. The van der Waals surface area contributed by atoms with Gasteiger partial charge in [0.15, 0.2) is 0 Å². The fraction of sp³-hybridized carbons (Fsp3) is 0.526. The molecule has 0 heterocycles. The number of carbonyl (C=O) groups is 3. The van der Waals surface area contributed by atoms with Gasteiger partial charge >= 0.3 is 5.97 Å². The Balaban J connectivity index is 2.77. The molecule has 0 saturated heterocycles. The summed E-state index contributed by atoms with van der Waals surface area (Å²) in [6.07, 6.45) is 2.48. The van der Waals surface area contributed by atoms with Gasteiger partial charge in [0.2, 0.25) is 11.8 Å². The molecule has 0 saturated carbocycles. The smallest absolute Gasteiger partial charge is 0.326 e. The lowest BCUT2D eigenvalue weighted by Gasteiger charge is -2.24. The monoisotopic (exact) mass is 411 g/mol. The van der Waals surface area contributed by atoms with Crippen LogP contribution in [0.2, 0.25) is 0 Å². The van der Waals surface area contributed by atoms with Gasteiger partial charge < -0.3 is 26.6 Å². The lowest BCUT2D eigenvalue weighted by Crippen LogP contribution is -2.55. The molecule has 8 nitrogen and oxygen atoms in total. The number of hydrogen-bond acceptors (Lipinski definition) is 6. The Bertz CT molecular complexity index is 666. The Labute approximate surface area is 169 Å². The van der Waals surface area contributed by atoms with Gasteiger partial charge in [0, 0.05) is 0 Å². The summed E-state index contributed by atoms with van der Waals surface area (Å²) in [4.78, 5) is 36.3. The maximum Gasteiger partial charge on any atom is 0.326 e. The topological polar surface area (TPSA) is 142 Å². The number of phenolic OH excluding ortho intramolecular Hbond substituents is 1. The molecule has 2 amide bonds. The highest BCUT2D eigenvalue weighted by Crippen LogP contribution is 2.11. The first kappa shape index (κ1) is 23.8. The summed E-state index contributed by atoms with van der Waals surface area (Å²) in [5.74, 6) is -1.72. The molecule has 156 valence electrons. The molecule has 0 aliphatic rings. The van der Waals surface area contributed by atoms with Crippen LogP contribution >= 0.6 is 11.8 Å². The van der Waals surface area contributed by atoms with Gasteiger partial charge in [-0.1, -0.05) is 26.0 Å². The van der Waals surface area contributed by atoms with Crippen molar-refractivity contribution >= 4 is 29.5 Å². The van der Waals surface area contributed by atoms with Crippen molar-refractivity contribution in [3.8, 4) is 5.75 Å². The van der Waals surface area contributed by atoms with E-state index in [9.17, 15) is 24.6 Å². The summed E-state index contributed by atoms with van der Waals surface area (Å²) in [6, 6.07) is 3.56. The van der Waals surface area contributed by atoms with Gasteiger partial charge in [-0.2, -0.15) is 11.8 Å². The first-order valence-electron chi connectivity index (χ1n) is 9.01. The highest BCUT2D eigenvalue weighted by Gasteiger charge is 2.29. The largest absolute Gasteiger partial charge is 0.508 e. The number of carboxylic acids is 1. The fourth-order valence-corrected chi connectivity index (χ4v) is 3.00. The third-order valence-corrected chi connectivity index (χ3v) is 4.85. The molecule has 1 aromatic rings. The Morgan fingerprint density at radius 3 is 2.21 bits per heavy atom. The van der Waals surface area contributed by atoms with Crippen LogP contribution in [-0.4, -0.2) is 58.1 Å². The molecule has 0 radical (unpaired) electrons. The molecule has 1 rings (SSSR count). The first-order valence-corrected chi connectivity index (χ1v) is 10.4. The Morgan fingerprint density at radius 2 is 1.71 bits per heavy atom. The lowest BCUT2D eigenvalue weighted by molar-refractivity contribution is -0.143. The predicted octanol–water partition coefficient (Wildman–Crippen LogP) is 0.725. The van der Waals surface area contributed by atoms with Gasteiger partial charge in [0.05, 0.1) is 6.04 Å². The molecule has 0 spiro atoms. The van der Waals surface area contributed by atoms with Crippen molar-refractivity contribution in [3.05, 3.63) is 29.8 Å². The zero-order valence-corrected chi connectivity index (χ0v) is 17.2. The maximum absolute atomic E-state index is 12.6. The minimum atomic E-state index is -1.12. The van der Waals surface area contributed by atoms with Crippen molar-refractivity contribution in [3.63, 3.8) is 0 Å². The van der Waals surface area contributed by atoms with Crippen molar-refractivity contribution in [1.29, 1.82) is 0 Å². The van der Waals surface area contributed by atoms with Crippen molar-refractivity contribution in [2.45, 2.75) is 44.8 Å². The van der Waals surface area contributed by atoms with Crippen LogP contribution in [0.1, 0.15) is 25.8 Å². The normalized spacial score (nSPS) is 14.2. The third-order valence-electron chi connectivity index (χ3n) is 4.20. The second-order valence-electron chi connectivity index (χ2n) is 6.89. The van der Waals surface area contributed by atoms with Crippen LogP contribution in [0.25, 0.3) is 0 Å². The minimum absolute atomic E-state index is 0.119. The predicted molar refractivity (Wildman–Crippen MR) is 109 cm³/mol. The molecule has 3 atom stereocenters. The Kier molecular flexibility index (Phi) is 9.81. The number of aliphatic carboxylic acids is 1. The van der Waals surface area contributed by atoms with E-state index in [2.05, 4.69) is 10.6 Å². The standard InChI is InChI=1S/C19H29N3O5S/c1-11(2)16(19(26)27)22-18(25)15(8-9-28-3)21-17(24)14(20)10-12-4-6-13(23)7-5-12/h4-7,11,14-16,23H,8-10,20H2,1-3H3,(H,21,24)(H,22,25)(H,26,27). The van der Waals surface area contributed by atoms with E-state index in [1.165, 1.54) is 23.9 Å². The van der Waals surface area contributed by atoms with Crippen LogP contribution in [0, 0.1) is 5.92 Å². The van der Waals surface area contributed by atoms with E-state index in [4.69, 9.17) is 5.73 Å². The van der Waals surface area contributed by atoms with E-state index in [0.29, 0.717) is 12.2 Å². The van der Waals surface area contributed by atoms with Gasteiger partial charge in [-0.15, -0.1) is 0 Å². The van der Waals surface area contributed by atoms with Gasteiger partial charge in [-0.05, 0) is 48.5 Å². The Morgan fingerprint density at radius 1 is 1.11 bits per heavy atom. The highest BCUT2D eigenvalue weighted by molar-refractivity contribution is 7.98. The number of aromatic hydroxyl groups is 1. The summed E-state index contributed by atoms with van der Waals surface area (Å²) in [5, 5.41) is 23.7. The van der Waals surface area contributed by atoms with E-state index < -0.39 is 35.9 Å². The SMILES string of the molecule is CSCCC(NC(=O)C(N)Cc1ccc(O)cc1)C(=O)NC(C(=O)O)C(C)C. The van der Waals surface area contributed by atoms with Crippen LogP contribution in [0.4, 0.5) is 0 Å². The minimum Gasteiger partial charge on any atom is -0.508 e. The van der Waals surface area contributed by atoms with Gasteiger partial charge in [-0.25, -0.2) is 4.79 Å². The maximum atomic E-state index is 12.6. The number of phenols is 1. The molecule has 0 bridgehead atoms. The van der Waals surface area contributed by atoms with Crippen LogP contribution < -0.4 is 16.4 Å². The number of nitrogens with two attached hydrogens (primary N) is 1. The number of hydrogen-bond donors (Lipinski definition) is 5. The molecule has 6 N–H and O–H groups in total. The van der Waals surface area contributed by atoms with E-state index in [0.717, 1.165) is 5.56 Å². The van der Waals surface area contributed by atoms with Gasteiger partial charge in [0.25, 0.3) is 0 Å². The first-order chi connectivity index (χ1) is 13.1. The summed E-state index contributed by atoms with van der Waals surface area (Å²) < 4.78 is 0. The fourth-order valence-electron chi connectivity index (χ4n) is 2.53. The number of rotatable bonds is 11. The van der Waals surface area contributed by atoms with Crippen LogP contribution in [0.5, 0.6) is 5.75 Å². The summed E-state index contributed by atoms with van der Waals surface area (Å²) in [7, 11) is 0. The zero-order chi connectivity index (χ0) is 21.3. The van der Waals surface area contributed by atoms with Gasteiger partial charge in [0.1, 0.15) is 17.8 Å². The average molecular weight is 412 g/mol. The zero-order valence-electron chi connectivity index (χ0n) is 16.3. The number of benzene rings is 1. The summed E-state index contributed by atoms with van der Waals surface area (Å²) in [6.45, 7) is 3.39. The molecule has 0 aliphatic carbocycles. The van der Waals surface area contributed by atoms with E-state index >= 15 is 0 Å². The molecule has 1 aromatic carbocycles. The molecule has 0 aromatic heterocycles. The third kappa shape index (κ3) is 7.77. The van der Waals surface area contributed by atoms with Crippen molar-refractivity contribution < 1.29 is 24.6 Å².